The zero-order valence-electron chi connectivity index (χ0n) is 6.86. The Morgan fingerprint density at radius 1 is 1.62 bits per heavy atom. The largest absolute Gasteiger partial charge is 0.360 e. The minimum Gasteiger partial charge on any atom is -0.360 e. The molecule has 0 saturated carbocycles. The van der Waals surface area contributed by atoms with Gasteiger partial charge in [0.25, 0.3) is 5.24 Å². The SMILES string of the molecule is N#CCc1cccc(SC(N)=O)c1. The molecule has 0 heterocycles. The quantitative estimate of drug-likeness (QED) is 0.728. The highest BCUT2D eigenvalue weighted by atomic mass is 32.2. The summed E-state index contributed by atoms with van der Waals surface area (Å²) in [5.74, 6) is 0. The predicted molar refractivity (Wildman–Crippen MR) is 51.2 cm³/mol. The maximum absolute atomic E-state index is 10.6. The summed E-state index contributed by atoms with van der Waals surface area (Å²) in [6, 6.07) is 9.26. The van der Waals surface area contributed by atoms with E-state index in [0.29, 0.717) is 6.42 Å². The Morgan fingerprint density at radius 3 is 3.00 bits per heavy atom. The highest BCUT2D eigenvalue weighted by Gasteiger charge is 1.99. The number of nitrogens with zero attached hydrogens (tertiary/aromatic N) is 1. The monoisotopic (exact) mass is 192 g/mol. The molecule has 1 rings (SSSR count). The first-order valence-corrected chi connectivity index (χ1v) is 4.47. The van der Waals surface area contributed by atoms with Crippen LogP contribution in [0.2, 0.25) is 0 Å². The second-order valence-corrected chi connectivity index (χ2v) is 3.48. The molecule has 0 radical (unpaired) electrons. The summed E-state index contributed by atoms with van der Waals surface area (Å²) < 4.78 is 0. The minimum atomic E-state index is -0.436. The summed E-state index contributed by atoms with van der Waals surface area (Å²) in [4.78, 5) is 11.3. The molecule has 1 amide bonds. The molecule has 0 aliphatic carbocycles. The van der Waals surface area contributed by atoms with Crippen LogP contribution in [0, 0.1) is 11.3 Å². The van der Waals surface area contributed by atoms with Crippen molar-refractivity contribution in [3.8, 4) is 6.07 Å². The van der Waals surface area contributed by atoms with Crippen molar-refractivity contribution in [2.75, 3.05) is 0 Å². The van der Waals surface area contributed by atoms with Gasteiger partial charge in [0.2, 0.25) is 0 Å². The van der Waals surface area contributed by atoms with Gasteiger partial charge in [0.1, 0.15) is 0 Å². The van der Waals surface area contributed by atoms with Crippen molar-refractivity contribution in [3.05, 3.63) is 29.8 Å². The molecule has 13 heavy (non-hydrogen) atoms. The van der Waals surface area contributed by atoms with E-state index in [1.54, 1.807) is 18.2 Å². The van der Waals surface area contributed by atoms with E-state index >= 15 is 0 Å². The molecule has 0 aliphatic rings. The molecular formula is C9H8N2OS. The molecule has 1 aromatic carbocycles. The Morgan fingerprint density at radius 2 is 2.38 bits per heavy atom. The molecule has 0 saturated heterocycles. The van der Waals surface area contributed by atoms with Gasteiger partial charge in [-0.1, -0.05) is 12.1 Å². The van der Waals surface area contributed by atoms with Gasteiger partial charge >= 0.3 is 0 Å². The molecule has 0 bridgehead atoms. The molecule has 0 fully saturated rings. The Hall–Kier alpha value is -1.47. The van der Waals surface area contributed by atoms with Gasteiger partial charge in [-0.15, -0.1) is 0 Å². The number of hydrogen-bond donors (Lipinski definition) is 1. The number of thioether (sulfide) groups is 1. The Kier molecular flexibility index (Phi) is 3.35. The smallest absolute Gasteiger partial charge is 0.281 e. The summed E-state index contributed by atoms with van der Waals surface area (Å²) in [5, 5.41) is 8.01. The van der Waals surface area contributed by atoms with Crippen molar-refractivity contribution in [2.45, 2.75) is 11.3 Å². The average molecular weight is 192 g/mol. The number of rotatable bonds is 2. The topological polar surface area (TPSA) is 66.9 Å². The van der Waals surface area contributed by atoms with Crippen LogP contribution in [0.5, 0.6) is 0 Å². The number of nitriles is 1. The summed E-state index contributed by atoms with van der Waals surface area (Å²) >= 11 is 0.968. The van der Waals surface area contributed by atoms with Crippen LogP contribution >= 0.6 is 11.8 Å². The van der Waals surface area contributed by atoms with Crippen LogP contribution < -0.4 is 5.73 Å². The molecule has 3 nitrogen and oxygen atoms in total. The fraction of sp³-hybridized carbons (Fsp3) is 0.111. The van der Waals surface area contributed by atoms with Crippen LogP contribution in [0.1, 0.15) is 5.56 Å². The standard InChI is InChI=1S/C9H8N2OS/c10-5-4-7-2-1-3-8(6-7)13-9(11)12/h1-3,6H,4H2,(H2,11,12). The van der Waals surface area contributed by atoms with E-state index in [0.717, 1.165) is 22.2 Å². The van der Waals surface area contributed by atoms with E-state index in [1.807, 2.05) is 12.1 Å². The summed E-state index contributed by atoms with van der Waals surface area (Å²) in [6.45, 7) is 0. The van der Waals surface area contributed by atoms with Gasteiger partial charge < -0.3 is 5.73 Å². The zero-order chi connectivity index (χ0) is 9.68. The molecule has 0 spiro atoms. The van der Waals surface area contributed by atoms with E-state index in [-0.39, 0.29) is 0 Å². The van der Waals surface area contributed by atoms with E-state index < -0.39 is 5.24 Å². The van der Waals surface area contributed by atoms with Gasteiger partial charge in [0.15, 0.2) is 0 Å². The van der Waals surface area contributed by atoms with Gasteiger partial charge in [-0.3, -0.25) is 4.79 Å². The van der Waals surface area contributed by atoms with Crippen molar-refractivity contribution in [1.82, 2.24) is 0 Å². The lowest BCUT2D eigenvalue weighted by Crippen LogP contribution is -2.01. The van der Waals surface area contributed by atoms with Crippen LogP contribution in [0.4, 0.5) is 4.79 Å². The number of carbonyl (C=O) groups is 1. The normalized spacial score (nSPS) is 9.15. The Labute approximate surface area is 80.5 Å². The van der Waals surface area contributed by atoms with Crippen LogP contribution in [-0.4, -0.2) is 5.24 Å². The third kappa shape index (κ3) is 3.18. The number of nitrogens with two attached hydrogens (primary N) is 1. The summed E-state index contributed by atoms with van der Waals surface area (Å²) in [6.07, 6.45) is 0.354. The highest BCUT2D eigenvalue weighted by Crippen LogP contribution is 2.18. The molecule has 0 unspecified atom stereocenters. The van der Waals surface area contributed by atoms with Gasteiger partial charge in [-0.05, 0) is 29.5 Å². The minimum absolute atomic E-state index is 0.354. The highest BCUT2D eigenvalue weighted by molar-refractivity contribution is 8.13. The molecule has 66 valence electrons. The van der Waals surface area contributed by atoms with Crippen molar-refractivity contribution >= 4 is 17.0 Å². The summed E-state index contributed by atoms with van der Waals surface area (Å²) in [7, 11) is 0. The molecule has 0 aromatic heterocycles. The molecular weight excluding hydrogens is 184 g/mol. The average Bonchev–Trinajstić information content (AvgIpc) is 2.04. The number of carbonyl (C=O) groups excluding carboxylic acids is 1. The van der Waals surface area contributed by atoms with E-state index in [2.05, 4.69) is 0 Å². The van der Waals surface area contributed by atoms with Crippen molar-refractivity contribution < 1.29 is 4.79 Å². The second-order valence-electron chi connectivity index (χ2n) is 2.40. The Bertz CT molecular complexity index is 357. The van der Waals surface area contributed by atoms with Crippen molar-refractivity contribution in [3.63, 3.8) is 0 Å². The van der Waals surface area contributed by atoms with E-state index in [1.165, 1.54) is 0 Å². The Balaban J connectivity index is 2.80. The number of primary amides is 1. The lowest BCUT2D eigenvalue weighted by molar-refractivity contribution is 0.267. The number of benzene rings is 1. The van der Waals surface area contributed by atoms with Crippen LogP contribution in [0.25, 0.3) is 0 Å². The van der Waals surface area contributed by atoms with E-state index in [4.69, 9.17) is 11.0 Å². The third-order valence-electron chi connectivity index (χ3n) is 1.40. The third-order valence-corrected chi connectivity index (χ3v) is 2.09. The van der Waals surface area contributed by atoms with Gasteiger partial charge in [0.05, 0.1) is 12.5 Å². The molecule has 2 N–H and O–H groups in total. The van der Waals surface area contributed by atoms with E-state index in [9.17, 15) is 4.79 Å². The van der Waals surface area contributed by atoms with Crippen LogP contribution in [0.15, 0.2) is 29.2 Å². The molecule has 1 aromatic rings. The maximum Gasteiger partial charge on any atom is 0.281 e. The fourth-order valence-electron chi connectivity index (χ4n) is 0.926. The van der Waals surface area contributed by atoms with Gasteiger partial charge in [-0.25, -0.2) is 0 Å². The molecule has 4 heteroatoms. The first-order chi connectivity index (χ1) is 6.22. The van der Waals surface area contributed by atoms with Crippen LogP contribution in [0.3, 0.4) is 0 Å². The lowest BCUT2D eigenvalue weighted by Gasteiger charge is -1.98. The van der Waals surface area contributed by atoms with Crippen molar-refractivity contribution in [1.29, 1.82) is 5.26 Å². The van der Waals surface area contributed by atoms with Gasteiger partial charge in [0, 0.05) is 4.90 Å². The second kappa shape index (κ2) is 4.53. The zero-order valence-corrected chi connectivity index (χ0v) is 7.67. The maximum atomic E-state index is 10.6. The number of amides is 1. The number of hydrogen-bond acceptors (Lipinski definition) is 3. The molecule has 0 atom stereocenters. The van der Waals surface area contributed by atoms with Crippen molar-refractivity contribution in [2.24, 2.45) is 5.73 Å². The predicted octanol–water partition coefficient (Wildman–Crippen LogP) is 1.92. The van der Waals surface area contributed by atoms with Crippen LogP contribution in [-0.2, 0) is 6.42 Å². The first-order valence-electron chi connectivity index (χ1n) is 3.65. The first kappa shape index (κ1) is 9.62. The lowest BCUT2D eigenvalue weighted by atomic mass is 10.2. The summed E-state index contributed by atoms with van der Waals surface area (Å²) in [5.41, 5.74) is 5.90. The fourth-order valence-corrected chi connectivity index (χ4v) is 1.52. The van der Waals surface area contributed by atoms with Gasteiger partial charge in [-0.2, -0.15) is 5.26 Å². The molecule has 0 aliphatic heterocycles.